The molecule has 1 aromatic heterocycles. The fraction of sp³-hybridized carbons (Fsp3) is 0.143. The number of carbonyl (C=O) groups excluding carboxylic acids is 1. The molecule has 0 saturated heterocycles. The Kier molecular flexibility index (Phi) is 3.57. The van der Waals surface area contributed by atoms with Crippen LogP contribution in [-0.2, 0) is 11.2 Å². The van der Waals surface area contributed by atoms with E-state index in [1.807, 2.05) is 31.2 Å². The SMILES string of the molecule is Cc1ccc(Cc2c[nH]c(=O)c(NC=O)c2)cc1. The van der Waals surface area contributed by atoms with Crippen molar-refractivity contribution < 1.29 is 4.79 Å². The molecule has 0 atom stereocenters. The molecule has 4 nitrogen and oxygen atoms in total. The third kappa shape index (κ3) is 2.85. The van der Waals surface area contributed by atoms with Crippen molar-refractivity contribution in [3.05, 3.63) is 63.6 Å². The van der Waals surface area contributed by atoms with Crippen LogP contribution >= 0.6 is 0 Å². The van der Waals surface area contributed by atoms with Crippen LogP contribution in [-0.4, -0.2) is 11.4 Å². The minimum atomic E-state index is -0.297. The van der Waals surface area contributed by atoms with E-state index < -0.39 is 0 Å². The third-order valence-electron chi connectivity index (χ3n) is 2.71. The van der Waals surface area contributed by atoms with Gasteiger partial charge >= 0.3 is 0 Å². The smallest absolute Gasteiger partial charge is 0.271 e. The van der Waals surface area contributed by atoms with Crippen molar-refractivity contribution in [1.29, 1.82) is 0 Å². The highest BCUT2D eigenvalue weighted by atomic mass is 16.1. The number of amides is 1. The zero-order valence-corrected chi connectivity index (χ0v) is 10.1. The van der Waals surface area contributed by atoms with Crippen LogP contribution < -0.4 is 10.9 Å². The van der Waals surface area contributed by atoms with Crippen LogP contribution in [0.1, 0.15) is 16.7 Å². The molecule has 0 bridgehead atoms. The Morgan fingerprint density at radius 3 is 2.61 bits per heavy atom. The summed E-state index contributed by atoms with van der Waals surface area (Å²) in [6, 6.07) is 9.88. The molecular weight excluding hydrogens is 228 g/mol. The van der Waals surface area contributed by atoms with E-state index in [1.165, 1.54) is 5.56 Å². The highest BCUT2D eigenvalue weighted by Gasteiger charge is 2.02. The Morgan fingerprint density at radius 2 is 1.94 bits per heavy atom. The van der Waals surface area contributed by atoms with Crippen LogP contribution in [0.5, 0.6) is 0 Å². The second-order valence-corrected chi connectivity index (χ2v) is 4.18. The van der Waals surface area contributed by atoms with E-state index in [-0.39, 0.29) is 11.2 Å². The summed E-state index contributed by atoms with van der Waals surface area (Å²) in [7, 11) is 0. The molecule has 0 aliphatic heterocycles. The van der Waals surface area contributed by atoms with Gasteiger partial charge in [-0.05, 0) is 30.5 Å². The van der Waals surface area contributed by atoms with Crippen LogP contribution in [0.3, 0.4) is 0 Å². The number of carbonyl (C=O) groups is 1. The number of rotatable bonds is 4. The second-order valence-electron chi connectivity index (χ2n) is 4.18. The first kappa shape index (κ1) is 12.1. The number of aryl methyl sites for hydroxylation is 1. The summed E-state index contributed by atoms with van der Waals surface area (Å²) in [5, 5.41) is 2.39. The number of anilines is 1. The van der Waals surface area contributed by atoms with Crippen molar-refractivity contribution in [1.82, 2.24) is 4.98 Å². The number of aromatic amines is 1. The lowest BCUT2D eigenvalue weighted by Gasteiger charge is -2.04. The van der Waals surface area contributed by atoms with Gasteiger partial charge in [0.15, 0.2) is 0 Å². The number of benzene rings is 1. The van der Waals surface area contributed by atoms with E-state index in [1.54, 1.807) is 12.3 Å². The number of hydrogen-bond donors (Lipinski definition) is 2. The van der Waals surface area contributed by atoms with Gasteiger partial charge in [-0.1, -0.05) is 29.8 Å². The Labute approximate surface area is 105 Å². The van der Waals surface area contributed by atoms with E-state index in [0.29, 0.717) is 12.8 Å². The molecule has 0 spiro atoms. The van der Waals surface area contributed by atoms with Crippen molar-refractivity contribution in [2.75, 3.05) is 5.32 Å². The standard InChI is InChI=1S/C14H14N2O2/c1-10-2-4-11(5-3-10)6-12-7-13(16-9-17)14(18)15-8-12/h2-5,7-9H,6H2,1H3,(H,15,18)(H,16,17). The molecule has 0 fully saturated rings. The van der Waals surface area contributed by atoms with Gasteiger partial charge in [-0.25, -0.2) is 0 Å². The van der Waals surface area contributed by atoms with Crippen LogP contribution in [0.2, 0.25) is 0 Å². The zero-order chi connectivity index (χ0) is 13.0. The van der Waals surface area contributed by atoms with Gasteiger partial charge in [-0.2, -0.15) is 0 Å². The average molecular weight is 242 g/mol. The maximum Gasteiger partial charge on any atom is 0.271 e. The third-order valence-corrected chi connectivity index (χ3v) is 2.71. The predicted octanol–water partition coefficient (Wildman–Crippen LogP) is 1.84. The highest BCUT2D eigenvalue weighted by molar-refractivity contribution is 5.70. The Bertz CT molecular complexity index is 600. The van der Waals surface area contributed by atoms with Crippen LogP contribution in [0.25, 0.3) is 0 Å². The van der Waals surface area contributed by atoms with Crippen molar-refractivity contribution >= 4 is 12.1 Å². The summed E-state index contributed by atoms with van der Waals surface area (Å²) in [6.45, 7) is 2.04. The van der Waals surface area contributed by atoms with E-state index in [0.717, 1.165) is 11.1 Å². The number of hydrogen-bond acceptors (Lipinski definition) is 2. The maximum absolute atomic E-state index is 11.4. The maximum atomic E-state index is 11.4. The van der Waals surface area contributed by atoms with Gasteiger partial charge in [-0.15, -0.1) is 0 Å². The van der Waals surface area contributed by atoms with E-state index in [4.69, 9.17) is 0 Å². The summed E-state index contributed by atoms with van der Waals surface area (Å²) in [5.74, 6) is 0. The summed E-state index contributed by atoms with van der Waals surface area (Å²) >= 11 is 0. The molecule has 1 aromatic carbocycles. The molecule has 0 saturated carbocycles. The first-order chi connectivity index (χ1) is 8.69. The lowest BCUT2D eigenvalue weighted by Crippen LogP contribution is -2.13. The van der Waals surface area contributed by atoms with Gasteiger partial charge in [0.05, 0.1) is 0 Å². The molecule has 18 heavy (non-hydrogen) atoms. The van der Waals surface area contributed by atoms with Crippen molar-refractivity contribution in [3.8, 4) is 0 Å². The quantitative estimate of drug-likeness (QED) is 0.804. The molecule has 1 amide bonds. The average Bonchev–Trinajstić information content (AvgIpc) is 2.37. The summed E-state index contributed by atoms with van der Waals surface area (Å²) in [4.78, 5) is 24.4. The summed E-state index contributed by atoms with van der Waals surface area (Å²) in [5.41, 5.74) is 3.29. The monoisotopic (exact) mass is 242 g/mol. The van der Waals surface area contributed by atoms with Crippen LogP contribution in [0.15, 0.2) is 41.3 Å². The molecule has 2 rings (SSSR count). The number of aromatic nitrogens is 1. The van der Waals surface area contributed by atoms with Crippen LogP contribution in [0, 0.1) is 6.92 Å². The second kappa shape index (κ2) is 5.31. The topological polar surface area (TPSA) is 62.0 Å². The van der Waals surface area contributed by atoms with Crippen molar-refractivity contribution in [2.24, 2.45) is 0 Å². The lowest BCUT2D eigenvalue weighted by atomic mass is 10.1. The molecule has 0 aliphatic carbocycles. The summed E-state index contributed by atoms with van der Waals surface area (Å²) < 4.78 is 0. The van der Waals surface area contributed by atoms with Gasteiger partial charge in [0, 0.05) is 6.20 Å². The first-order valence-electron chi connectivity index (χ1n) is 5.66. The van der Waals surface area contributed by atoms with Gasteiger partial charge in [0.25, 0.3) is 5.56 Å². The molecule has 2 N–H and O–H groups in total. The summed E-state index contributed by atoms with van der Waals surface area (Å²) in [6.07, 6.45) is 2.88. The normalized spacial score (nSPS) is 10.1. The fourth-order valence-corrected chi connectivity index (χ4v) is 1.74. The number of H-pyrrole nitrogens is 1. The van der Waals surface area contributed by atoms with Crippen LogP contribution in [0.4, 0.5) is 5.69 Å². The largest absolute Gasteiger partial charge is 0.327 e. The highest BCUT2D eigenvalue weighted by Crippen LogP contribution is 2.11. The first-order valence-corrected chi connectivity index (χ1v) is 5.66. The fourth-order valence-electron chi connectivity index (χ4n) is 1.74. The molecule has 4 heteroatoms. The Balaban J connectivity index is 2.23. The molecule has 0 aliphatic rings. The number of nitrogens with one attached hydrogen (secondary N) is 2. The molecule has 1 heterocycles. The zero-order valence-electron chi connectivity index (χ0n) is 10.1. The molecule has 92 valence electrons. The van der Waals surface area contributed by atoms with E-state index >= 15 is 0 Å². The molecule has 0 unspecified atom stereocenters. The Morgan fingerprint density at radius 1 is 1.22 bits per heavy atom. The van der Waals surface area contributed by atoms with Crippen molar-refractivity contribution in [2.45, 2.75) is 13.3 Å². The molecule has 2 aromatic rings. The minimum Gasteiger partial charge on any atom is -0.327 e. The van der Waals surface area contributed by atoms with Gasteiger partial charge < -0.3 is 10.3 Å². The van der Waals surface area contributed by atoms with Gasteiger partial charge in [0.2, 0.25) is 6.41 Å². The Hall–Kier alpha value is -2.36. The van der Waals surface area contributed by atoms with Crippen molar-refractivity contribution in [3.63, 3.8) is 0 Å². The minimum absolute atomic E-state index is 0.273. The predicted molar refractivity (Wildman–Crippen MR) is 70.7 cm³/mol. The van der Waals surface area contributed by atoms with Gasteiger partial charge in [0.1, 0.15) is 5.69 Å². The van der Waals surface area contributed by atoms with E-state index in [2.05, 4.69) is 10.3 Å². The molecule has 0 radical (unpaired) electrons. The lowest BCUT2D eigenvalue weighted by molar-refractivity contribution is -0.105. The molecular formula is C14H14N2O2. The van der Waals surface area contributed by atoms with E-state index in [9.17, 15) is 9.59 Å². The number of pyridine rings is 1. The van der Waals surface area contributed by atoms with Gasteiger partial charge in [-0.3, -0.25) is 9.59 Å².